The fourth-order valence-electron chi connectivity index (χ4n) is 1.07. The Morgan fingerprint density at radius 2 is 2.43 bits per heavy atom. The summed E-state index contributed by atoms with van der Waals surface area (Å²) < 4.78 is 8.12. The van der Waals surface area contributed by atoms with E-state index in [1.807, 2.05) is 17.8 Å². The van der Waals surface area contributed by atoms with Gasteiger partial charge in [0.05, 0.1) is 23.8 Å². The number of nitrogens with zero attached hydrogens (tertiary/aromatic N) is 2. The molecule has 0 aliphatic rings. The minimum absolute atomic E-state index is 0.777. The van der Waals surface area contributed by atoms with Crippen LogP contribution in [-0.2, 0) is 11.3 Å². The Hall–Kier alpha value is -0.390. The maximum atomic E-state index is 5.20. The van der Waals surface area contributed by atoms with E-state index in [1.165, 1.54) is 0 Å². The summed E-state index contributed by atoms with van der Waals surface area (Å²) >= 11 is 3.35. The highest BCUT2D eigenvalue weighted by atomic mass is 79.9. The maximum absolute atomic E-state index is 5.20. The van der Waals surface area contributed by atoms with Crippen LogP contribution in [0.3, 0.4) is 0 Å². The monoisotopic (exact) mass is 261 g/mol. The summed E-state index contributed by atoms with van der Waals surface area (Å²) in [7, 11) is 0. The van der Waals surface area contributed by atoms with Crippen molar-refractivity contribution in [3.8, 4) is 0 Å². The number of nitrogens with one attached hydrogen (secondary N) is 1. The van der Waals surface area contributed by atoms with Gasteiger partial charge in [0.25, 0.3) is 0 Å². The molecule has 0 atom stereocenters. The minimum atomic E-state index is 0.777. The highest BCUT2D eigenvalue weighted by Crippen LogP contribution is 2.05. The predicted octanol–water partition coefficient (Wildman–Crippen LogP) is 1.27. The van der Waals surface area contributed by atoms with Gasteiger partial charge in [-0.3, -0.25) is 4.68 Å². The highest BCUT2D eigenvalue weighted by molar-refractivity contribution is 9.10. The van der Waals surface area contributed by atoms with Crippen LogP contribution >= 0.6 is 15.9 Å². The molecule has 0 aromatic carbocycles. The summed E-state index contributed by atoms with van der Waals surface area (Å²) in [4.78, 5) is 0. The third-order valence-electron chi connectivity index (χ3n) is 1.75. The van der Waals surface area contributed by atoms with Gasteiger partial charge >= 0.3 is 0 Å². The van der Waals surface area contributed by atoms with Crippen molar-refractivity contribution in [3.63, 3.8) is 0 Å². The zero-order valence-electron chi connectivity index (χ0n) is 8.37. The second-order valence-corrected chi connectivity index (χ2v) is 3.78. The van der Waals surface area contributed by atoms with Crippen molar-refractivity contribution in [1.29, 1.82) is 0 Å². The van der Waals surface area contributed by atoms with Crippen LogP contribution in [0.25, 0.3) is 0 Å². The molecular weight excluding hydrogens is 246 g/mol. The summed E-state index contributed by atoms with van der Waals surface area (Å²) in [6, 6.07) is 0. The predicted molar refractivity (Wildman–Crippen MR) is 59.3 cm³/mol. The van der Waals surface area contributed by atoms with E-state index in [-0.39, 0.29) is 0 Å². The Morgan fingerprint density at radius 1 is 1.57 bits per heavy atom. The lowest BCUT2D eigenvalue weighted by Gasteiger charge is -2.04. The summed E-state index contributed by atoms with van der Waals surface area (Å²) in [5.41, 5.74) is 0. The van der Waals surface area contributed by atoms with Gasteiger partial charge in [-0.2, -0.15) is 5.10 Å². The lowest BCUT2D eigenvalue weighted by Crippen LogP contribution is -2.24. The fraction of sp³-hybridized carbons (Fsp3) is 0.667. The molecule has 0 saturated heterocycles. The lowest BCUT2D eigenvalue weighted by atomic mass is 10.6. The van der Waals surface area contributed by atoms with Gasteiger partial charge in [0.2, 0.25) is 0 Å². The first kappa shape index (κ1) is 11.7. The molecule has 1 rings (SSSR count). The van der Waals surface area contributed by atoms with Gasteiger partial charge in [0, 0.05) is 25.9 Å². The average Bonchev–Trinajstić information content (AvgIpc) is 2.58. The molecule has 0 fully saturated rings. The minimum Gasteiger partial charge on any atom is -0.380 e. The molecule has 1 aromatic rings. The molecule has 4 nitrogen and oxygen atoms in total. The number of ether oxygens (including phenoxy) is 1. The van der Waals surface area contributed by atoms with Crippen LogP contribution in [-0.4, -0.2) is 36.1 Å². The first-order chi connectivity index (χ1) is 6.83. The Balaban J connectivity index is 1.99. The van der Waals surface area contributed by atoms with Crippen LogP contribution in [0.5, 0.6) is 0 Å². The summed E-state index contributed by atoms with van der Waals surface area (Å²) in [5.74, 6) is 0. The van der Waals surface area contributed by atoms with E-state index in [0.717, 1.165) is 37.3 Å². The van der Waals surface area contributed by atoms with Gasteiger partial charge < -0.3 is 10.1 Å². The van der Waals surface area contributed by atoms with Crippen molar-refractivity contribution < 1.29 is 4.74 Å². The van der Waals surface area contributed by atoms with Crippen molar-refractivity contribution in [3.05, 3.63) is 16.9 Å². The third kappa shape index (κ3) is 4.74. The van der Waals surface area contributed by atoms with E-state index in [4.69, 9.17) is 4.74 Å². The first-order valence-electron chi connectivity index (χ1n) is 4.79. The molecule has 0 aliphatic carbocycles. The number of rotatable bonds is 7. The lowest BCUT2D eigenvalue weighted by molar-refractivity contribution is 0.149. The fourth-order valence-corrected chi connectivity index (χ4v) is 1.40. The highest BCUT2D eigenvalue weighted by Gasteiger charge is 1.93. The van der Waals surface area contributed by atoms with Gasteiger partial charge in [0.1, 0.15) is 0 Å². The molecule has 0 saturated carbocycles. The molecule has 1 heterocycles. The van der Waals surface area contributed by atoms with Crippen molar-refractivity contribution in [2.75, 3.05) is 26.3 Å². The summed E-state index contributed by atoms with van der Waals surface area (Å²) in [6.45, 7) is 6.27. The van der Waals surface area contributed by atoms with Gasteiger partial charge in [-0.1, -0.05) is 0 Å². The molecule has 0 spiro atoms. The topological polar surface area (TPSA) is 39.1 Å². The molecule has 80 valence electrons. The van der Waals surface area contributed by atoms with Crippen LogP contribution < -0.4 is 5.32 Å². The molecule has 0 radical (unpaired) electrons. The quantitative estimate of drug-likeness (QED) is 0.752. The molecule has 14 heavy (non-hydrogen) atoms. The summed E-state index contributed by atoms with van der Waals surface area (Å²) in [6.07, 6.45) is 3.75. The van der Waals surface area contributed by atoms with Crippen molar-refractivity contribution >= 4 is 15.9 Å². The molecule has 1 aromatic heterocycles. The zero-order chi connectivity index (χ0) is 10.2. The van der Waals surface area contributed by atoms with Gasteiger partial charge in [-0.05, 0) is 22.9 Å². The zero-order valence-corrected chi connectivity index (χ0v) is 9.96. The molecule has 0 amide bonds. The van der Waals surface area contributed by atoms with Crippen molar-refractivity contribution in [1.82, 2.24) is 15.1 Å². The molecule has 0 aliphatic heterocycles. The van der Waals surface area contributed by atoms with Crippen LogP contribution in [0.1, 0.15) is 6.92 Å². The van der Waals surface area contributed by atoms with Crippen LogP contribution in [0.2, 0.25) is 0 Å². The number of halogens is 1. The van der Waals surface area contributed by atoms with E-state index >= 15 is 0 Å². The van der Waals surface area contributed by atoms with Gasteiger partial charge in [-0.15, -0.1) is 0 Å². The molecular formula is C9H16BrN3O. The molecule has 5 heteroatoms. The Labute approximate surface area is 92.8 Å². The van der Waals surface area contributed by atoms with Gasteiger partial charge in [-0.25, -0.2) is 0 Å². The Kier molecular flexibility index (Phi) is 5.82. The molecule has 0 unspecified atom stereocenters. The Morgan fingerprint density at radius 3 is 3.07 bits per heavy atom. The third-order valence-corrected chi connectivity index (χ3v) is 2.16. The van der Waals surface area contributed by atoms with E-state index in [2.05, 4.69) is 26.3 Å². The Bertz CT molecular complexity index is 252. The SMILES string of the molecule is CCOCCNCCn1cc(Br)cn1. The summed E-state index contributed by atoms with van der Waals surface area (Å²) in [5, 5.41) is 7.43. The van der Waals surface area contributed by atoms with E-state index < -0.39 is 0 Å². The first-order valence-corrected chi connectivity index (χ1v) is 5.58. The van der Waals surface area contributed by atoms with E-state index in [0.29, 0.717) is 0 Å². The second-order valence-electron chi connectivity index (χ2n) is 2.87. The normalized spacial score (nSPS) is 10.7. The van der Waals surface area contributed by atoms with Crippen molar-refractivity contribution in [2.45, 2.75) is 13.5 Å². The van der Waals surface area contributed by atoms with Crippen LogP contribution in [0, 0.1) is 0 Å². The number of hydrogen-bond acceptors (Lipinski definition) is 3. The molecule has 0 bridgehead atoms. The van der Waals surface area contributed by atoms with E-state index in [1.54, 1.807) is 6.20 Å². The molecule has 1 N–H and O–H groups in total. The second kappa shape index (κ2) is 6.98. The average molecular weight is 262 g/mol. The van der Waals surface area contributed by atoms with Crippen LogP contribution in [0.15, 0.2) is 16.9 Å². The largest absolute Gasteiger partial charge is 0.380 e. The number of hydrogen-bond donors (Lipinski definition) is 1. The van der Waals surface area contributed by atoms with Gasteiger partial charge in [0.15, 0.2) is 0 Å². The number of aromatic nitrogens is 2. The smallest absolute Gasteiger partial charge is 0.0632 e. The maximum Gasteiger partial charge on any atom is 0.0632 e. The van der Waals surface area contributed by atoms with Crippen molar-refractivity contribution in [2.24, 2.45) is 0 Å². The van der Waals surface area contributed by atoms with Crippen LogP contribution in [0.4, 0.5) is 0 Å². The van der Waals surface area contributed by atoms with E-state index in [9.17, 15) is 0 Å². The standard InChI is InChI=1S/C9H16BrN3O/c1-2-14-6-4-11-3-5-13-8-9(10)7-12-13/h7-8,11H,2-6H2,1H3.